The summed E-state index contributed by atoms with van der Waals surface area (Å²) in [4.78, 5) is 15.5. The molecule has 0 N–H and O–H groups in total. The number of anilines is 18. The zero-order valence-corrected chi connectivity index (χ0v) is 62.4. The SMILES string of the molecule is c1ccc(-c2cccc(-c3ccccc3)c2N2c3cc4c(cc3B3c5ccccc5N(c5ccccc5)c5cc(N(c6ccccc6)c6ccccc6)cc2c53)B2c3ccccc3N(c3cccc5sc6ccccc6c35)c3cc(N(c5ccccc5)c5cccc6c5sc5ccccc56)cc(c32)N4c2ccccc2)cc1. The van der Waals surface area contributed by atoms with Gasteiger partial charge in [0.1, 0.15) is 0 Å². The minimum absolute atomic E-state index is 0.262. The monoisotopic (exact) mass is 1460 g/mol. The lowest BCUT2D eigenvalue weighted by molar-refractivity contribution is 1.22. The van der Waals surface area contributed by atoms with Gasteiger partial charge in [-0.1, -0.05) is 267 Å². The molecular formula is C102H66B2N6S2. The molecule has 0 saturated carbocycles. The molecule has 23 rings (SSSR count). The van der Waals surface area contributed by atoms with E-state index in [-0.39, 0.29) is 13.4 Å². The van der Waals surface area contributed by atoms with Crippen molar-refractivity contribution in [3.63, 3.8) is 0 Å². The molecule has 17 aromatic carbocycles. The van der Waals surface area contributed by atoms with Crippen molar-refractivity contribution in [2.45, 2.75) is 0 Å². The highest BCUT2D eigenvalue weighted by atomic mass is 32.1. The molecule has 0 bridgehead atoms. The second kappa shape index (κ2) is 25.9. The average Bonchev–Trinajstić information content (AvgIpc) is 0.809. The van der Waals surface area contributed by atoms with Crippen molar-refractivity contribution in [3.05, 3.63) is 400 Å². The number of para-hydroxylation sites is 8. The standard InChI is InChI=1S/C102H66B2N6S2/c1-8-33-67(34-9-1)76-49-30-50-77(68-35-10-2-11-36-68)101(76)110-90-66-89-83(65-84(90)103-81-52-24-26-54-85(81)107(72-43-18-6-19-44-72)91-61-74(62-94(110)100(91)103)105(69-37-12-3-13-38-69)70-39-14-4-15-40-70)104-82-53-25-27-55-86(82)109(87-56-32-60-97-98(87)80-48-23-29-59-96(80)111-97)93-64-75(63-92(99(93)104)108(89)73-45-20-7-21-46-73)106(71-41-16-5-17-42-71)88-57-31-51-79-78-47-22-28-58-95(78)112-102(79)88/h1-66H. The first kappa shape index (κ1) is 64.1. The topological polar surface area (TPSA) is 19.4 Å². The van der Waals surface area contributed by atoms with Crippen LogP contribution in [0.25, 0.3) is 62.6 Å². The van der Waals surface area contributed by atoms with Crippen LogP contribution in [-0.2, 0) is 0 Å². The number of hydrogen-bond acceptors (Lipinski definition) is 8. The van der Waals surface area contributed by atoms with Gasteiger partial charge in [0.15, 0.2) is 0 Å². The smallest absolute Gasteiger partial charge is 0.252 e. The molecule has 0 unspecified atom stereocenters. The van der Waals surface area contributed by atoms with Crippen molar-refractivity contribution in [3.8, 4) is 22.3 Å². The first-order chi connectivity index (χ1) is 55.6. The number of benzene rings is 17. The molecule has 0 amide bonds. The highest BCUT2D eigenvalue weighted by Gasteiger charge is 2.50. The fraction of sp³-hybridized carbons (Fsp3) is 0. The molecule has 19 aromatic rings. The predicted molar refractivity (Wildman–Crippen MR) is 481 cm³/mol. The Bertz CT molecular complexity index is 6850. The lowest BCUT2D eigenvalue weighted by atomic mass is 9.30. The predicted octanol–water partition coefficient (Wildman–Crippen LogP) is 24.9. The van der Waals surface area contributed by atoms with E-state index < -0.39 is 0 Å². The first-order valence-electron chi connectivity index (χ1n) is 38.5. The van der Waals surface area contributed by atoms with E-state index in [1.54, 1.807) is 0 Å². The van der Waals surface area contributed by atoms with E-state index in [0.29, 0.717) is 0 Å². The summed E-state index contributed by atoms with van der Waals surface area (Å²) in [7, 11) is 0. The molecule has 522 valence electrons. The minimum atomic E-state index is -0.264. The fourth-order valence-corrected chi connectivity index (χ4v) is 21.1. The van der Waals surface area contributed by atoms with Gasteiger partial charge in [-0.25, -0.2) is 0 Å². The van der Waals surface area contributed by atoms with E-state index in [1.165, 1.54) is 73.1 Å². The molecule has 4 aliphatic rings. The maximum absolute atomic E-state index is 2.70. The van der Waals surface area contributed by atoms with Gasteiger partial charge in [0.2, 0.25) is 0 Å². The normalized spacial score (nSPS) is 12.9. The summed E-state index contributed by atoms with van der Waals surface area (Å²) in [6, 6.07) is 150. The van der Waals surface area contributed by atoms with E-state index >= 15 is 0 Å². The molecule has 4 aliphatic heterocycles. The van der Waals surface area contributed by atoms with Gasteiger partial charge in [0, 0.05) is 121 Å². The second-order valence-corrected chi connectivity index (χ2v) is 31.5. The molecule has 0 atom stereocenters. The van der Waals surface area contributed by atoms with E-state index in [9.17, 15) is 0 Å². The van der Waals surface area contributed by atoms with Gasteiger partial charge in [0.25, 0.3) is 13.4 Å². The number of fused-ring (bicyclic) bond motifs is 14. The Morgan fingerprint density at radius 3 is 1.20 bits per heavy atom. The van der Waals surface area contributed by atoms with Crippen LogP contribution in [0.3, 0.4) is 0 Å². The Morgan fingerprint density at radius 2 is 0.625 bits per heavy atom. The molecule has 0 fully saturated rings. The first-order valence-corrected chi connectivity index (χ1v) is 40.1. The number of nitrogens with zero attached hydrogens (tertiary/aromatic N) is 6. The summed E-state index contributed by atoms with van der Waals surface area (Å²) >= 11 is 3.74. The molecule has 10 heteroatoms. The molecule has 0 aliphatic carbocycles. The van der Waals surface area contributed by atoms with Gasteiger partial charge in [-0.3, -0.25) is 0 Å². The van der Waals surface area contributed by atoms with Crippen molar-refractivity contribution < 1.29 is 0 Å². The summed E-state index contributed by atoms with van der Waals surface area (Å²) in [6.07, 6.45) is 0. The summed E-state index contributed by atoms with van der Waals surface area (Å²) in [6.45, 7) is -0.526. The van der Waals surface area contributed by atoms with Gasteiger partial charge in [-0.2, -0.15) is 0 Å². The number of rotatable bonds is 12. The molecule has 2 aromatic heterocycles. The van der Waals surface area contributed by atoms with Crippen LogP contribution in [-0.4, -0.2) is 13.4 Å². The van der Waals surface area contributed by atoms with Crippen LogP contribution in [0, 0.1) is 0 Å². The van der Waals surface area contributed by atoms with Gasteiger partial charge >= 0.3 is 0 Å². The number of hydrogen-bond donors (Lipinski definition) is 0. The van der Waals surface area contributed by atoms with Crippen molar-refractivity contribution in [1.82, 2.24) is 0 Å². The molecule has 0 spiro atoms. The Balaban J connectivity index is 0.878. The largest absolute Gasteiger partial charge is 0.311 e. The molecule has 6 heterocycles. The Kier molecular flexibility index (Phi) is 14.8. The number of thiophene rings is 2. The van der Waals surface area contributed by atoms with Crippen LogP contribution in [0.5, 0.6) is 0 Å². The average molecular weight is 1460 g/mol. The summed E-state index contributed by atoms with van der Waals surface area (Å²) in [5.74, 6) is 0. The zero-order chi connectivity index (χ0) is 73.5. The Morgan fingerprint density at radius 1 is 0.232 bits per heavy atom. The fourth-order valence-electron chi connectivity index (χ4n) is 18.8. The molecule has 112 heavy (non-hydrogen) atoms. The Hall–Kier alpha value is -13.9. The summed E-state index contributed by atoms with van der Waals surface area (Å²) < 4.78 is 5.01. The van der Waals surface area contributed by atoms with Crippen molar-refractivity contribution in [2.24, 2.45) is 0 Å². The van der Waals surface area contributed by atoms with Crippen molar-refractivity contribution in [1.29, 1.82) is 0 Å². The van der Waals surface area contributed by atoms with Crippen molar-refractivity contribution in [2.75, 3.05) is 29.4 Å². The van der Waals surface area contributed by atoms with E-state index in [2.05, 4.69) is 430 Å². The van der Waals surface area contributed by atoms with Gasteiger partial charge < -0.3 is 29.4 Å². The van der Waals surface area contributed by atoms with Crippen LogP contribution in [0.4, 0.5) is 102 Å². The van der Waals surface area contributed by atoms with Crippen molar-refractivity contribution >= 4 is 212 Å². The molecule has 6 nitrogen and oxygen atoms in total. The molecular weight excluding hydrogens is 1390 g/mol. The summed E-state index contributed by atoms with van der Waals surface area (Å²) in [5.41, 5.74) is 31.5. The summed E-state index contributed by atoms with van der Waals surface area (Å²) in [5, 5.41) is 5.00. The quantitative estimate of drug-likeness (QED) is 0.113. The molecule has 0 saturated heterocycles. The van der Waals surface area contributed by atoms with Crippen LogP contribution in [0.1, 0.15) is 0 Å². The van der Waals surface area contributed by atoms with E-state index in [1.807, 2.05) is 22.7 Å². The second-order valence-electron chi connectivity index (χ2n) is 29.4. The third kappa shape index (κ3) is 9.92. The lowest BCUT2D eigenvalue weighted by Crippen LogP contribution is -2.65. The Labute approximate surface area is 658 Å². The maximum Gasteiger partial charge on any atom is 0.252 e. The third-order valence-corrected chi connectivity index (χ3v) is 25.6. The minimum Gasteiger partial charge on any atom is -0.311 e. The van der Waals surface area contributed by atoms with E-state index in [0.717, 1.165) is 125 Å². The maximum atomic E-state index is 2.70. The highest BCUT2D eigenvalue weighted by molar-refractivity contribution is 7.26. The van der Waals surface area contributed by atoms with Gasteiger partial charge in [-0.15, -0.1) is 22.7 Å². The van der Waals surface area contributed by atoms with Gasteiger partial charge in [-0.05, 0) is 177 Å². The lowest BCUT2D eigenvalue weighted by Gasteiger charge is -2.48. The van der Waals surface area contributed by atoms with Gasteiger partial charge in [0.05, 0.1) is 33.1 Å². The highest BCUT2D eigenvalue weighted by Crippen LogP contribution is 2.57. The van der Waals surface area contributed by atoms with Crippen LogP contribution >= 0.6 is 22.7 Å². The molecule has 0 radical (unpaired) electrons. The zero-order valence-electron chi connectivity index (χ0n) is 60.8. The van der Waals surface area contributed by atoms with Crippen LogP contribution < -0.4 is 62.2 Å². The van der Waals surface area contributed by atoms with E-state index in [4.69, 9.17) is 0 Å². The van der Waals surface area contributed by atoms with Crippen LogP contribution in [0.2, 0.25) is 0 Å². The third-order valence-electron chi connectivity index (χ3n) is 23.3. The van der Waals surface area contributed by atoms with Crippen LogP contribution in [0.15, 0.2) is 400 Å².